The van der Waals surface area contributed by atoms with E-state index in [-0.39, 0.29) is 12.5 Å². The molecule has 0 aromatic carbocycles. The van der Waals surface area contributed by atoms with Crippen molar-refractivity contribution in [1.82, 2.24) is 5.32 Å². The maximum Gasteiger partial charge on any atom is 0.252 e. The van der Waals surface area contributed by atoms with E-state index in [1.165, 1.54) is 24.5 Å². The first-order valence-electron chi connectivity index (χ1n) is 3.64. The van der Waals surface area contributed by atoms with Gasteiger partial charge in [0, 0.05) is 12.1 Å². The molecule has 1 heterocycles. The summed E-state index contributed by atoms with van der Waals surface area (Å²) in [6, 6.07) is 2.86. The summed E-state index contributed by atoms with van der Waals surface area (Å²) in [6.45, 7) is 0.186. The fourth-order valence-electron chi connectivity index (χ4n) is 0.798. The highest BCUT2D eigenvalue weighted by Gasteiger charge is 2.04. The molecule has 0 aliphatic heterocycles. The number of terminal acetylenes is 1. The van der Waals surface area contributed by atoms with E-state index in [1.54, 1.807) is 0 Å². The Morgan fingerprint density at radius 2 is 2.23 bits per heavy atom. The van der Waals surface area contributed by atoms with E-state index in [9.17, 15) is 10.0 Å². The summed E-state index contributed by atoms with van der Waals surface area (Å²) in [5.41, 5.74) is 0.419. The maximum atomic E-state index is 11.2. The van der Waals surface area contributed by atoms with Gasteiger partial charge < -0.3 is 10.5 Å². The summed E-state index contributed by atoms with van der Waals surface area (Å²) in [7, 11) is 0. The van der Waals surface area contributed by atoms with Gasteiger partial charge in [0.25, 0.3) is 5.91 Å². The van der Waals surface area contributed by atoms with Gasteiger partial charge in [-0.15, -0.1) is 6.42 Å². The van der Waals surface area contributed by atoms with Crippen LogP contribution in [0.1, 0.15) is 10.4 Å². The minimum Gasteiger partial charge on any atom is -0.619 e. The summed E-state index contributed by atoms with van der Waals surface area (Å²) in [4.78, 5) is 11.2. The molecule has 1 aromatic rings. The van der Waals surface area contributed by atoms with Gasteiger partial charge in [-0.25, -0.2) is 0 Å². The van der Waals surface area contributed by atoms with Crippen molar-refractivity contribution in [3.8, 4) is 12.3 Å². The van der Waals surface area contributed by atoms with Gasteiger partial charge in [-0.1, -0.05) is 5.92 Å². The van der Waals surface area contributed by atoms with Gasteiger partial charge in [-0.05, 0) is 0 Å². The second kappa shape index (κ2) is 4.12. The van der Waals surface area contributed by atoms with Crippen molar-refractivity contribution in [2.45, 2.75) is 0 Å². The lowest BCUT2D eigenvalue weighted by Gasteiger charge is -2.00. The Bertz CT molecular complexity index is 338. The number of nitrogens with one attached hydrogen (secondary N) is 1. The number of amides is 1. The van der Waals surface area contributed by atoms with Crippen LogP contribution in [0.15, 0.2) is 24.5 Å². The van der Waals surface area contributed by atoms with Gasteiger partial charge in [0.2, 0.25) is 0 Å². The van der Waals surface area contributed by atoms with E-state index < -0.39 is 0 Å². The Morgan fingerprint density at radius 3 is 2.77 bits per heavy atom. The monoisotopic (exact) mass is 176 g/mol. The third-order valence-electron chi connectivity index (χ3n) is 1.42. The molecular formula is C9H8N2O2. The molecule has 13 heavy (non-hydrogen) atoms. The smallest absolute Gasteiger partial charge is 0.252 e. The van der Waals surface area contributed by atoms with Crippen molar-refractivity contribution in [3.05, 3.63) is 35.3 Å². The summed E-state index contributed by atoms with van der Waals surface area (Å²) < 4.78 is 0.609. The molecule has 1 rings (SSSR count). The van der Waals surface area contributed by atoms with E-state index in [0.29, 0.717) is 10.3 Å². The molecule has 0 bridgehead atoms. The summed E-state index contributed by atoms with van der Waals surface area (Å²) in [5.74, 6) is 2.00. The van der Waals surface area contributed by atoms with Gasteiger partial charge in [0.1, 0.15) is 0 Å². The van der Waals surface area contributed by atoms with Crippen LogP contribution in [-0.2, 0) is 0 Å². The average molecular weight is 176 g/mol. The number of nitrogens with zero attached hydrogens (tertiary/aromatic N) is 1. The zero-order valence-electron chi connectivity index (χ0n) is 6.86. The molecule has 1 amide bonds. The van der Waals surface area contributed by atoms with Crippen LogP contribution in [0.25, 0.3) is 0 Å². The quantitative estimate of drug-likeness (QED) is 0.381. The highest BCUT2D eigenvalue weighted by molar-refractivity contribution is 5.93. The topological polar surface area (TPSA) is 56.0 Å². The van der Waals surface area contributed by atoms with Crippen LogP contribution in [0.3, 0.4) is 0 Å². The second-order valence-corrected chi connectivity index (χ2v) is 2.33. The van der Waals surface area contributed by atoms with Gasteiger partial charge >= 0.3 is 0 Å². The molecule has 0 radical (unpaired) electrons. The number of hydrogen-bond acceptors (Lipinski definition) is 2. The number of carbonyl (C=O) groups is 1. The van der Waals surface area contributed by atoms with E-state index in [0.717, 1.165) is 0 Å². The molecule has 1 aromatic heterocycles. The van der Waals surface area contributed by atoms with Crippen LogP contribution in [0.4, 0.5) is 0 Å². The summed E-state index contributed by atoms with van der Waals surface area (Å²) in [5, 5.41) is 13.1. The molecule has 0 unspecified atom stereocenters. The molecule has 0 atom stereocenters. The average Bonchev–Trinajstić information content (AvgIpc) is 2.15. The maximum absolute atomic E-state index is 11.2. The molecular weight excluding hydrogens is 168 g/mol. The lowest BCUT2D eigenvalue weighted by Crippen LogP contribution is -2.27. The standard InChI is InChI=1S/C9H8N2O2/c1-2-5-10-9(12)8-3-6-11(13)7-4-8/h1,3-4,6-7H,5H2,(H,10,12). The Kier molecular flexibility index (Phi) is 2.87. The Balaban J connectivity index is 2.68. The van der Waals surface area contributed by atoms with Gasteiger partial charge in [-0.3, -0.25) is 4.79 Å². The molecule has 66 valence electrons. The number of aromatic nitrogens is 1. The highest BCUT2D eigenvalue weighted by atomic mass is 16.5. The molecule has 0 aliphatic carbocycles. The molecule has 0 aliphatic rings. The van der Waals surface area contributed by atoms with Crippen LogP contribution in [0.5, 0.6) is 0 Å². The normalized spacial score (nSPS) is 8.85. The number of rotatable bonds is 2. The highest BCUT2D eigenvalue weighted by Crippen LogP contribution is 1.93. The van der Waals surface area contributed by atoms with Crippen LogP contribution >= 0.6 is 0 Å². The van der Waals surface area contributed by atoms with Crippen LogP contribution < -0.4 is 10.0 Å². The summed E-state index contributed by atoms with van der Waals surface area (Å²) in [6.07, 6.45) is 7.47. The fourth-order valence-corrected chi connectivity index (χ4v) is 0.798. The first-order chi connectivity index (χ1) is 6.24. The molecule has 4 nitrogen and oxygen atoms in total. The Hall–Kier alpha value is -2.02. The van der Waals surface area contributed by atoms with Crippen molar-refractivity contribution in [1.29, 1.82) is 0 Å². The number of pyridine rings is 1. The fraction of sp³-hybridized carbons (Fsp3) is 0.111. The second-order valence-electron chi connectivity index (χ2n) is 2.33. The van der Waals surface area contributed by atoms with Crippen molar-refractivity contribution in [2.24, 2.45) is 0 Å². The number of carbonyl (C=O) groups excluding carboxylic acids is 1. The lowest BCUT2D eigenvalue weighted by molar-refractivity contribution is -0.605. The van der Waals surface area contributed by atoms with Crippen LogP contribution in [0.2, 0.25) is 0 Å². The third kappa shape index (κ3) is 2.49. The van der Waals surface area contributed by atoms with Crippen molar-refractivity contribution >= 4 is 5.91 Å². The van der Waals surface area contributed by atoms with Gasteiger partial charge in [-0.2, -0.15) is 4.73 Å². The minimum absolute atomic E-state index is 0.186. The Morgan fingerprint density at radius 1 is 1.62 bits per heavy atom. The molecule has 0 saturated heterocycles. The van der Waals surface area contributed by atoms with Crippen LogP contribution in [0, 0.1) is 17.6 Å². The Labute approximate surface area is 75.8 Å². The van der Waals surface area contributed by atoms with Gasteiger partial charge in [0.05, 0.1) is 12.1 Å². The zero-order valence-corrected chi connectivity index (χ0v) is 6.86. The van der Waals surface area contributed by atoms with E-state index in [2.05, 4.69) is 11.2 Å². The minimum atomic E-state index is -0.279. The molecule has 0 saturated carbocycles. The summed E-state index contributed by atoms with van der Waals surface area (Å²) >= 11 is 0. The van der Waals surface area contributed by atoms with Crippen molar-refractivity contribution in [3.63, 3.8) is 0 Å². The molecule has 1 N–H and O–H groups in total. The molecule has 0 fully saturated rings. The van der Waals surface area contributed by atoms with Gasteiger partial charge in [0.15, 0.2) is 12.4 Å². The number of hydrogen-bond donors (Lipinski definition) is 1. The molecule has 0 spiro atoms. The predicted molar refractivity (Wildman–Crippen MR) is 46.6 cm³/mol. The predicted octanol–water partition coefficient (Wildman–Crippen LogP) is -0.317. The SMILES string of the molecule is C#CCNC(=O)c1cc[n+]([O-])cc1. The first kappa shape index (κ1) is 9.07. The third-order valence-corrected chi connectivity index (χ3v) is 1.42. The lowest BCUT2D eigenvalue weighted by atomic mass is 10.2. The van der Waals surface area contributed by atoms with Crippen molar-refractivity contribution in [2.75, 3.05) is 6.54 Å². The molecule has 4 heteroatoms. The van der Waals surface area contributed by atoms with E-state index in [4.69, 9.17) is 6.42 Å². The van der Waals surface area contributed by atoms with E-state index in [1.807, 2.05) is 0 Å². The van der Waals surface area contributed by atoms with E-state index >= 15 is 0 Å². The van der Waals surface area contributed by atoms with Crippen LogP contribution in [-0.4, -0.2) is 12.5 Å². The largest absolute Gasteiger partial charge is 0.619 e. The zero-order chi connectivity index (χ0) is 9.68. The first-order valence-corrected chi connectivity index (χ1v) is 3.64. The van der Waals surface area contributed by atoms with Crippen molar-refractivity contribution < 1.29 is 9.52 Å².